The van der Waals surface area contributed by atoms with Gasteiger partial charge in [0.25, 0.3) is 5.91 Å². The van der Waals surface area contributed by atoms with Crippen molar-refractivity contribution in [2.45, 2.75) is 88.6 Å². The number of benzene rings is 2. The second-order valence-corrected chi connectivity index (χ2v) is 12.5. The Morgan fingerprint density at radius 3 is 2.20 bits per heavy atom. The zero-order chi connectivity index (χ0) is 31.3. The fourth-order valence-corrected chi connectivity index (χ4v) is 6.88. The number of hydrogen-bond acceptors (Lipinski definition) is 7. The van der Waals surface area contributed by atoms with Crippen LogP contribution in [0.2, 0.25) is 0 Å². The van der Waals surface area contributed by atoms with E-state index in [2.05, 4.69) is 22.5 Å². The van der Waals surface area contributed by atoms with Crippen molar-refractivity contribution in [3.05, 3.63) is 59.7 Å². The minimum atomic E-state index is -0.950. The van der Waals surface area contributed by atoms with Gasteiger partial charge in [-0.1, -0.05) is 25.5 Å². The first kappa shape index (κ1) is 34.7. The summed E-state index contributed by atoms with van der Waals surface area (Å²) in [5.41, 5.74) is 0.795. The standard InChI is InChI=1S/C34H46N4O6.ClH/c1-3-4-19-38-32(42)29(30(40)24-7-11-26(39)12-8-24)36-33(43)34(38)17-20-37(21-18-34)22-23-5-13-27(14-6-23)44-28-15-9-25(10-16-28)31(41)35-2;/h5-6,9-10,13-16,24,26,29-30,39-40H,3-4,7-8,11-12,17-22H2,1-2H3,(H,35,41)(H,36,43);1H/t24-,26+,29-,30-;/m1./s1. The van der Waals surface area contributed by atoms with Gasteiger partial charge >= 0.3 is 0 Å². The molecule has 0 aromatic heterocycles. The lowest BCUT2D eigenvalue weighted by Gasteiger charge is -2.52. The van der Waals surface area contributed by atoms with Crippen molar-refractivity contribution in [1.82, 2.24) is 20.4 Å². The molecule has 4 N–H and O–H groups in total. The minimum Gasteiger partial charge on any atom is -0.457 e. The highest BCUT2D eigenvalue weighted by Crippen LogP contribution is 2.36. The third-order valence-corrected chi connectivity index (χ3v) is 9.65. The molecule has 1 saturated carbocycles. The number of nitrogens with one attached hydrogen (secondary N) is 2. The largest absolute Gasteiger partial charge is 0.457 e. The zero-order valence-corrected chi connectivity index (χ0v) is 27.1. The summed E-state index contributed by atoms with van der Waals surface area (Å²) >= 11 is 0. The lowest BCUT2D eigenvalue weighted by Crippen LogP contribution is -2.75. The molecule has 1 aliphatic carbocycles. The van der Waals surface area contributed by atoms with Gasteiger partial charge in [-0.25, -0.2) is 0 Å². The number of piperidine rings is 1. The Kier molecular flexibility index (Phi) is 11.9. The van der Waals surface area contributed by atoms with E-state index in [1.54, 1.807) is 36.2 Å². The highest BCUT2D eigenvalue weighted by molar-refractivity contribution is 6.00. The summed E-state index contributed by atoms with van der Waals surface area (Å²) in [5, 5.41) is 26.6. The molecule has 2 aromatic carbocycles. The Morgan fingerprint density at radius 2 is 1.62 bits per heavy atom. The van der Waals surface area contributed by atoms with Crippen molar-refractivity contribution in [2.75, 3.05) is 26.7 Å². The van der Waals surface area contributed by atoms with Crippen LogP contribution in [0.25, 0.3) is 0 Å². The van der Waals surface area contributed by atoms with E-state index in [1.807, 2.05) is 24.3 Å². The molecule has 0 radical (unpaired) electrons. The van der Waals surface area contributed by atoms with Crippen LogP contribution in [-0.4, -0.2) is 88.2 Å². The summed E-state index contributed by atoms with van der Waals surface area (Å²) in [6.07, 6.45) is 4.01. The molecule has 0 bridgehead atoms. The lowest BCUT2D eigenvalue weighted by atomic mass is 9.77. The summed E-state index contributed by atoms with van der Waals surface area (Å²) in [4.78, 5) is 43.4. The van der Waals surface area contributed by atoms with Crippen molar-refractivity contribution in [3.63, 3.8) is 0 Å². The molecule has 2 atom stereocenters. The third-order valence-electron chi connectivity index (χ3n) is 9.65. The number of hydrogen-bond donors (Lipinski definition) is 4. The Morgan fingerprint density at radius 1 is 1.02 bits per heavy atom. The molecule has 2 heterocycles. The average molecular weight is 643 g/mol. The summed E-state index contributed by atoms with van der Waals surface area (Å²) < 4.78 is 5.95. The smallest absolute Gasteiger partial charge is 0.251 e. The molecule has 246 valence electrons. The number of ether oxygens (including phenoxy) is 1. The molecule has 10 nitrogen and oxygen atoms in total. The Labute approximate surface area is 271 Å². The van der Waals surface area contributed by atoms with Crippen LogP contribution in [0.1, 0.15) is 74.2 Å². The molecule has 2 saturated heterocycles. The lowest BCUT2D eigenvalue weighted by molar-refractivity contribution is -0.166. The van der Waals surface area contributed by atoms with E-state index in [4.69, 9.17) is 4.74 Å². The van der Waals surface area contributed by atoms with Crippen molar-refractivity contribution in [2.24, 2.45) is 5.92 Å². The number of halogens is 1. The number of aliphatic hydroxyl groups is 2. The van der Waals surface area contributed by atoms with E-state index in [1.165, 1.54) is 0 Å². The predicted molar refractivity (Wildman–Crippen MR) is 173 cm³/mol. The van der Waals surface area contributed by atoms with E-state index < -0.39 is 17.7 Å². The average Bonchev–Trinajstić information content (AvgIpc) is 3.04. The number of carbonyl (C=O) groups is 3. The van der Waals surface area contributed by atoms with E-state index in [-0.39, 0.29) is 42.2 Å². The molecule has 2 aliphatic heterocycles. The van der Waals surface area contributed by atoms with Gasteiger partial charge in [0.05, 0.1) is 12.2 Å². The SMILES string of the molecule is CCCCN1C(=O)[C@@H]([C@H](O)[C@H]2CC[C@@H](O)CC2)NC(=O)C12CCN(Cc1ccc(Oc3ccc(C(=O)NC)cc3)cc1)CC2.Cl. The normalized spacial score (nSPS) is 24.0. The number of piperazine rings is 1. The topological polar surface area (TPSA) is 131 Å². The molecule has 11 heteroatoms. The third kappa shape index (κ3) is 7.80. The van der Waals surface area contributed by atoms with Gasteiger partial charge < -0.3 is 30.5 Å². The molecule has 1 spiro atoms. The Balaban J connectivity index is 0.00000461. The monoisotopic (exact) mass is 642 g/mol. The maximum atomic E-state index is 13.9. The number of likely N-dealkylation sites (tertiary alicyclic amines) is 1. The first-order valence-electron chi connectivity index (χ1n) is 16.0. The molecule has 3 fully saturated rings. The zero-order valence-electron chi connectivity index (χ0n) is 26.2. The summed E-state index contributed by atoms with van der Waals surface area (Å²) in [5.74, 6) is 0.759. The molecule has 3 amide bonds. The maximum absolute atomic E-state index is 13.9. The first-order valence-corrected chi connectivity index (χ1v) is 16.0. The van der Waals surface area contributed by atoms with Crippen LogP contribution in [0, 0.1) is 5.92 Å². The molecule has 0 unspecified atom stereocenters. The highest BCUT2D eigenvalue weighted by Gasteiger charge is 2.55. The van der Waals surface area contributed by atoms with Gasteiger partial charge in [0, 0.05) is 38.8 Å². The quantitative estimate of drug-likeness (QED) is 0.311. The summed E-state index contributed by atoms with van der Waals surface area (Å²) in [7, 11) is 1.60. The fraction of sp³-hybridized carbons (Fsp3) is 0.559. The molecule has 5 rings (SSSR count). The van der Waals surface area contributed by atoms with Crippen LogP contribution in [0.15, 0.2) is 48.5 Å². The van der Waals surface area contributed by atoms with Crippen molar-refractivity contribution in [3.8, 4) is 11.5 Å². The van der Waals surface area contributed by atoms with E-state index in [0.717, 1.165) is 24.9 Å². The van der Waals surface area contributed by atoms with Gasteiger partial charge in [0.2, 0.25) is 11.8 Å². The molecular weight excluding hydrogens is 596 g/mol. The van der Waals surface area contributed by atoms with Gasteiger partial charge in [-0.3, -0.25) is 19.3 Å². The Bertz CT molecular complexity index is 1290. The Hall–Kier alpha value is -3.18. The van der Waals surface area contributed by atoms with Crippen LogP contribution in [0.4, 0.5) is 0 Å². The molecule has 2 aromatic rings. The van der Waals surface area contributed by atoms with Gasteiger partial charge in [0.1, 0.15) is 23.1 Å². The van der Waals surface area contributed by atoms with E-state index in [0.29, 0.717) is 75.2 Å². The van der Waals surface area contributed by atoms with Gasteiger partial charge in [-0.2, -0.15) is 0 Å². The first-order chi connectivity index (χ1) is 21.2. The van der Waals surface area contributed by atoms with Crippen LogP contribution < -0.4 is 15.4 Å². The fourth-order valence-electron chi connectivity index (χ4n) is 6.88. The minimum absolute atomic E-state index is 0. The van der Waals surface area contributed by atoms with Gasteiger partial charge in [-0.15, -0.1) is 12.4 Å². The number of amides is 3. The maximum Gasteiger partial charge on any atom is 0.251 e. The van der Waals surface area contributed by atoms with Crippen molar-refractivity contribution < 1.29 is 29.3 Å². The molecule has 45 heavy (non-hydrogen) atoms. The molecule has 3 aliphatic rings. The van der Waals surface area contributed by atoms with E-state index in [9.17, 15) is 24.6 Å². The van der Waals surface area contributed by atoms with Crippen LogP contribution in [-0.2, 0) is 16.1 Å². The van der Waals surface area contributed by atoms with Crippen LogP contribution in [0.3, 0.4) is 0 Å². The number of carbonyl (C=O) groups excluding carboxylic acids is 3. The van der Waals surface area contributed by atoms with Crippen molar-refractivity contribution in [1.29, 1.82) is 0 Å². The number of unbranched alkanes of at least 4 members (excludes halogenated alkanes) is 1. The van der Waals surface area contributed by atoms with Crippen molar-refractivity contribution >= 4 is 30.1 Å². The van der Waals surface area contributed by atoms with Gasteiger partial charge in [-0.05, 0) is 92.8 Å². The van der Waals surface area contributed by atoms with Gasteiger partial charge in [0.15, 0.2) is 0 Å². The number of rotatable bonds is 10. The second kappa shape index (κ2) is 15.4. The predicted octanol–water partition coefficient (Wildman–Crippen LogP) is 3.63. The molecular formula is C34H47ClN4O6. The number of aliphatic hydroxyl groups excluding tert-OH is 2. The number of nitrogens with zero attached hydrogens (tertiary/aromatic N) is 2. The second-order valence-electron chi connectivity index (χ2n) is 12.5. The highest BCUT2D eigenvalue weighted by atomic mass is 35.5. The van der Waals surface area contributed by atoms with E-state index >= 15 is 0 Å². The van der Waals surface area contributed by atoms with Crippen LogP contribution >= 0.6 is 12.4 Å². The van der Waals surface area contributed by atoms with Crippen LogP contribution in [0.5, 0.6) is 11.5 Å². The summed E-state index contributed by atoms with van der Waals surface area (Å²) in [6.45, 7) is 4.64. The summed E-state index contributed by atoms with van der Waals surface area (Å²) in [6, 6.07) is 13.9.